The van der Waals surface area contributed by atoms with Crippen molar-refractivity contribution >= 4 is 34.5 Å². The summed E-state index contributed by atoms with van der Waals surface area (Å²) in [5.41, 5.74) is 7.67. The number of rotatable bonds is 5. The highest BCUT2D eigenvalue weighted by Gasteiger charge is 2.12. The molecule has 2 aromatic carbocycles. The first-order chi connectivity index (χ1) is 13.9. The Morgan fingerprint density at radius 1 is 1.00 bits per heavy atom. The van der Waals surface area contributed by atoms with E-state index in [1.807, 2.05) is 76.9 Å². The van der Waals surface area contributed by atoms with Crippen LogP contribution in [0.4, 0.5) is 5.95 Å². The van der Waals surface area contributed by atoms with Crippen molar-refractivity contribution in [3.8, 4) is 16.3 Å². The van der Waals surface area contributed by atoms with Crippen LogP contribution in [0.2, 0.25) is 0 Å². The van der Waals surface area contributed by atoms with Gasteiger partial charge in [0.2, 0.25) is 5.95 Å². The number of nitrogens with zero attached hydrogens (tertiary/aromatic N) is 4. The molecule has 3 aromatic heterocycles. The molecule has 7 heteroatoms. The summed E-state index contributed by atoms with van der Waals surface area (Å²) in [6.07, 6.45) is 3.75. The van der Waals surface area contributed by atoms with Gasteiger partial charge >= 0.3 is 0 Å². The SMILES string of the molecule is C(=N\Nc1nc2ccccc2[nH]1)/c1cn(-c2ccccc2)nc1-c1cccs1. The predicted molar refractivity (Wildman–Crippen MR) is 114 cm³/mol. The van der Waals surface area contributed by atoms with E-state index in [0.717, 1.165) is 32.9 Å². The molecule has 0 amide bonds. The van der Waals surface area contributed by atoms with Gasteiger partial charge < -0.3 is 4.98 Å². The first-order valence-electron chi connectivity index (χ1n) is 8.79. The molecule has 5 aromatic rings. The van der Waals surface area contributed by atoms with Gasteiger partial charge in [-0.25, -0.2) is 15.1 Å². The number of hydrazone groups is 1. The number of anilines is 1. The average Bonchev–Trinajstić information content (AvgIpc) is 3.47. The first kappa shape index (κ1) is 16.5. The van der Waals surface area contributed by atoms with Crippen LogP contribution < -0.4 is 5.43 Å². The lowest BCUT2D eigenvalue weighted by molar-refractivity contribution is 0.885. The van der Waals surface area contributed by atoms with Crippen LogP contribution in [0.1, 0.15) is 5.56 Å². The number of nitrogens with one attached hydrogen (secondary N) is 2. The topological polar surface area (TPSA) is 70.9 Å². The van der Waals surface area contributed by atoms with Crippen molar-refractivity contribution in [2.45, 2.75) is 0 Å². The normalized spacial score (nSPS) is 11.4. The molecule has 0 radical (unpaired) electrons. The van der Waals surface area contributed by atoms with Crippen molar-refractivity contribution < 1.29 is 0 Å². The van der Waals surface area contributed by atoms with Crippen molar-refractivity contribution in [3.05, 3.63) is 83.9 Å². The minimum Gasteiger partial charge on any atom is -0.323 e. The van der Waals surface area contributed by atoms with Gasteiger partial charge in [-0.3, -0.25) is 0 Å². The van der Waals surface area contributed by atoms with Crippen LogP contribution in [0.5, 0.6) is 0 Å². The minimum absolute atomic E-state index is 0.602. The summed E-state index contributed by atoms with van der Waals surface area (Å²) in [7, 11) is 0. The third-order valence-corrected chi connectivity index (χ3v) is 5.16. The second-order valence-corrected chi connectivity index (χ2v) is 7.11. The van der Waals surface area contributed by atoms with Crippen molar-refractivity contribution in [2.75, 3.05) is 5.43 Å². The number of imidazole rings is 1. The Morgan fingerprint density at radius 3 is 2.68 bits per heavy atom. The third kappa shape index (κ3) is 3.19. The Kier molecular flexibility index (Phi) is 4.19. The third-order valence-electron chi connectivity index (χ3n) is 4.28. The highest BCUT2D eigenvalue weighted by atomic mass is 32.1. The Balaban J connectivity index is 1.46. The lowest BCUT2D eigenvalue weighted by atomic mass is 10.2. The van der Waals surface area contributed by atoms with Crippen LogP contribution in [-0.4, -0.2) is 26.0 Å². The maximum absolute atomic E-state index is 4.77. The lowest BCUT2D eigenvalue weighted by Gasteiger charge is -1.98. The van der Waals surface area contributed by atoms with Gasteiger partial charge in [-0.1, -0.05) is 36.4 Å². The monoisotopic (exact) mass is 384 g/mol. The second-order valence-electron chi connectivity index (χ2n) is 6.16. The zero-order valence-corrected chi connectivity index (χ0v) is 15.6. The van der Waals surface area contributed by atoms with E-state index in [9.17, 15) is 0 Å². The van der Waals surface area contributed by atoms with Gasteiger partial charge in [0, 0.05) is 11.8 Å². The Morgan fingerprint density at radius 2 is 1.86 bits per heavy atom. The summed E-state index contributed by atoms with van der Waals surface area (Å²) >= 11 is 1.66. The number of aromatic amines is 1. The van der Waals surface area contributed by atoms with Gasteiger partial charge in [-0.15, -0.1) is 11.3 Å². The molecular weight excluding hydrogens is 368 g/mol. The summed E-state index contributed by atoms with van der Waals surface area (Å²) in [5, 5.41) is 11.2. The molecule has 0 aliphatic heterocycles. The van der Waals surface area contributed by atoms with Crippen LogP contribution in [0.3, 0.4) is 0 Å². The van der Waals surface area contributed by atoms with Crippen LogP contribution in [0.15, 0.2) is 83.4 Å². The quantitative estimate of drug-likeness (QED) is 0.334. The number of hydrogen-bond donors (Lipinski definition) is 2. The molecule has 0 fully saturated rings. The first-order valence-corrected chi connectivity index (χ1v) is 9.67. The molecule has 0 unspecified atom stereocenters. The molecule has 0 saturated carbocycles. The maximum atomic E-state index is 4.77. The van der Waals surface area contributed by atoms with Crippen molar-refractivity contribution in [1.29, 1.82) is 0 Å². The van der Waals surface area contributed by atoms with E-state index in [1.165, 1.54) is 0 Å². The average molecular weight is 384 g/mol. The Bertz CT molecular complexity index is 1200. The number of benzene rings is 2. The summed E-state index contributed by atoms with van der Waals surface area (Å²) in [6, 6.07) is 22.0. The number of fused-ring (bicyclic) bond motifs is 1. The molecule has 2 N–H and O–H groups in total. The van der Waals surface area contributed by atoms with E-state index in [2.05, 4.69) is 26.6 Å². The summed E-state index contributed by atoms with van der Waals surface area (Å²) in [5.74, 6) is 0.602. The van der Waals surface area contributed by atoms with E-state index in [4.69, 9.17) is 5.10 Å². The molecule has 6 nitrogen and oxygen atoms in total. The van der Waals surface area contributed by atoms with E-state index in [0.29, 0.717) is 5.95 Å². The number of thiophene rings is 1. The van der Waals surface area contributed by atoms with E-state index in [-0.39, 0.29) is 0 Å². The highest BCUT2D eigenvalue weighted by Crippen LogP contribution is 2.27. The van der Waals surface area contributed by atoms with Crippen molar-refractivity contribution in [1.82, 2.24) is 19.7 Å². The molecule has 28 heavy (non-hydrogen) atoms. The molecule has 5 rings (SSSR count). The van der Waals surface area contributed by atoms with Gasteiger partial charge in [0.15, 0.2) is 0 Å². The van der Waals surface area contributed by atoms with E-state index in [1.54, 1.807) is 17.6 Å². The molecule has 3 heterocycles. The largest absolute Gasteiger partial charge is 0.323 e. The zero-order valence-electron chi connectivity index (χ0n) is 14.8. The zero-order chi connectivity index (χ0) is 18.8. The molecular formula is C21H16N6S. The Labute approximate surface area is 165 Å². The Hall–Kier alpha value is -3.71. The second kappa shape index (κ2) is 7.13. The molecule has 0 bridgehead atoms. The van der Waals surface area contributed by atoms with Crippen molar-refractivity contribution in [3.63, 3.8) is 0 Å². The standard InChI is InChI=1S/C21H16N6S/c1-2-7-16(8-3-1)27-14-15(20(26-27)19-11-6-12-28-19)13-22-25-21-23-17-9-4-5-10-18(17)24-21/h1-14H,(H2,23,24,25)/b22-13+. The van der Waals surface area contributed by atoms with E-state index >= 15 is 0 Å². The molecule has 0 saturated heterocycles. The summed E-state index contributed by atoms with van der Waals surface area (Å²) < 4.78 is 1.87. The number of hydrogen-bond acceptors (Lipinski definition) is 5. The fourth-order valence-electron chi connectivity index (χ4n) is 2.97. The van der Waals surface area contributed by atoms with Gasteiger partial charge in [0.05, 0.1) is 27.8 Å². The smallest absolute Gasteiger partial charge is 0.222 e. The molecule has 0 spiro atoms. The summed E-state index contributed by atoms with van der Waals surface area (Å²) in [6.45, 7) is 0. The molecule has 0 aliphatic carbocycles. The van der Waals surface area contributed by atoms with Crippen LogP contribution >= 0.6 is 11.3 Å². The van der Waals surface area contributed by atoms with Crippen molar-refractivity contribution in [2.24, 2.45) is 5.10 Å². The van der Waals surface area contributed by atoms with Crippen LogP contribution in [0.25, 0.3) is 27.3 Å². The van der Waals surface area contributed by atoms with Gasteiger partial charge in [-0.2, -0.15) is 10.2 Å². The fraction of sp³-hybridized carbons (Fsp3) is 0. The minimum atomic E-state index is 0.602. The fourth-order valence-corrected chi connectivity index (χ4v) is 3.70. The van der Waals surface area contributed by atoms with Gasteiger partial charge in [-0.05, 0) is 35.7 Å². The highest BCUT2D eigenvalue weighted by molar-refractivity contribution is 7.13. The molecule has 0 atom stereocenters. The number of para-hydroxylation sites is 3. The number of aromatic nitrogens is 4. The number of H-pyrrole nitrogens is 1. The lowest BCUT2D eigenvalue weighted by Crippen LogP contribution is -1.93. The van der Waals surface area contributed by atoms with Crippen LogP contribution in [-0.2, 0) is 0 Å². The molecule has 136 valence electrons. The van der Waals surface area contributed by atoms with E-state index < -0.39 is 0 Å². The molecule has 0 aliphatic rings. The van der Waals surface area contributed by atoms with Gasteiger partial charge in [0.1, 0.15) is 5.69 Å². The summed E-state index contributed by atoms with van der Waals surface area (Å²) in [4.78, 5) is 8.77. The predicted octanol–water partition coefficient (Wildman–Crippen LogP) is 4.92. The maximum Gasteiger partial charge on any atom is 0.222 e. The van der Waals surface area contributed by atoms with Gasteiger partial charge in [0.25, 0.3) is 0 Å². The van der Waals surface area contributed by atoms with Crippen LogP contribution in [0, 0.1) is 0 Å².